The van der Waals surface area contributed by atoms with Gasteiger partial charge >= 0.3 is 0 Å². The molecule has 6 nitrogen and oxygen atoms in total. The van der Waals surface area contributed by atoms with Gasteiger partial charge in [0.1, 0.15) is 11.5 Å². The van der Waals surface area contributed by atoms with Crippen LogP contribution >= 0.6 is 0 Å². The van der Waals surface area contributed by atoms with Gasteiger partial charge in [0.2, 0.25) is 0 Å². The van der Waals surface area contributed by atoms with E-state index in [1.165, 1.54) is 0 Å². The number of nitrogens with zero attached hydrogens (tertiary/aromatic N) is 2. The molecule has 0 bridgehead atoms. The van der Waals surface area contributed by atoms with Gasteiger partial charge in [0.05, 0.1) is 43.2 Å². The summed E-state index contributed by atoms with van der Waals surface area (Å²) in [6, 6.07) is 11.8. The van der Waals surface area contributed by atoms with E-state index in [1.54, 1.807) is 14.2 Å². The number of pyridine rings is 1. The Morgan fingerprint density at radius 1 is 1.10 bits per heavy atom. The van der Waals surface area contributed by atoms with E-state index in [2.05, 4.69) is 6.92 Å². The van der Waals surface area contributed by atoms with Gasteiger partial charge in [-0.2, -0.15) is 0 Å². The van der Waals surface area contributed by atoms with Gasteiger partial charge in [-0.3, -0.25) is 4.79 Å². The quantitative estimate of drug-likeness (QED) is 0.704. The van der Waals surface area contributed by atoms with Crippen LogP contribution in [0.5, 0.6) is 11.5 Å². The molecule has 1 aromatic heterocycles. The summed E-state index contributed by atoms with van der Waals surface area (Å²) in [5.41, 5.74) is 10.9. The second-order valence-corrected chi connectivity index (χ2v) is 8.28. The van der Waals surface area contributed by atoms with Gasteiger partial charge in [0, 0.05) is 22.6 Å². The van der Waals surface area contributed by atoms with E-state index in [4.69, 9.17) is 20.2 Å². The molecular formula is C24H25N3O3. The smallest absolute Gasteiger partial charge is 0.258 e. The monoisotopic (exact) mass is 403 g/mol. The zero-order chi connectivity index (χ0) is 21.0. The summed E-state index contributed by atoms with van der Waals surface area (Å²) in [6.07, 6.45) is 2.09. The van der Waals surface area contributed by atoms with E-state index >= 15 is 0 Å². The molecule has 2 aliphatic rings. The highest BCUT2D eigenvalue weighted by Gasteiger charge is 2.40. The third-order valence-corrected chi connectivity index (χ3v) is 6.41. The maximum atomic E-state index is 13.1. The number of ether oxygens (including phenoxy) is 2. The van der Waals surface area contributed by atoms with Gasteiger partial charge in [-0.25, -0.2) is 4.98 Å². The molecule has 1 aliphatic carbocycles. The molecule has 154 valence electrons. The summed E-state index contributed by atoms with van der Waals surface area (Å²) >= 11 is 0. The number of hydrogen-bond acceptors (Lipinski definition) is 5. The number of benzene rings is 2. The molecule has 30 heavy (non-hydrogen) atoms. The Hall–Kier alpha value is -3.28. The van der Waals surface area contributed by atoms with E-state index in [-0.39, 0.29) is 5.91 Å². The Morgan fingerprint density at radius 2 is 1.90 bits per heavy atom. The number of rotatable bonds is 4. The van der Waals surface area contributed by atoms with Crippen LogP contribution in [-0.4, -0.2) is 36.1 Å². The van der Waals surface area contributed by atoms with E-state index in [0.29, 0.717) is 29.8 Å². The van der Waals surface area contributed by atoms with Crippen molar-refractivity contribution in [2.75, 3.05) is 20.0 Å². The highest BCUT2D eigenvalue weighted by molar-refractivity contribution is 6.11. The third-order valence-electron chi connectivity index (χ3n) is 6.41. The van der Waals surface area contributed by atoms with Crippen molar-refractivity contribution in [3.05, 3.63) is 47.7 Å². The highest BCUT2D eigenvalue weighted by atomic mass is 16.5. The first kappa shape index (κ1) is 18.7. The zero-order valence-electron chi connectivity index (χ0n) is 17.4. The van der Waals surface area contributed by atoms with Crippen molar-refractivity contribution in [2.24, 2.45) is 5.92 Å². The Bertz CT molecular complexity index is 1170. The van der Waals surface area contributed by atoms with Crippen LogP contribution in [0.3, 0.4) is 0 Å². The Labute approximate surface area is 175 Å². The number of methoxy groups -OCH3 is 2. The van der Waals surface area contributed by atoms with Crippen LogP contribution in [0.1, 0.15) is 35.8 Å². The van der Waals surface area contributed by atoms with Crippen LogP contribution < -0.4 is 15.2 Å². The van der Waals surface area contributed by atoms with Gasteiger partial charge in [-0.05, 0) is 37.0 Å². The van der Waals surface area contributed by atoms with Crippen LogP contribution in [0.25, 0.3) is 22.0 Å². The molecule has 0 radical (unpaired) electrons. The average molecular weight is 403 g/mol. The lowest BCUT2D eigenvalue weighted by Crippen LogP contribution is -2.44. The first-order valence-corrected chi connectivity index (χ1v) is 10.3. The van der Waals surface area contributed by atoms with Crippen LogP contribution in [0.2, 0.25) is 0 Å². The summed E-state index contributed by atoms with van der Waals surface area (Å²) in [5, 5.41) is 0.785. The molecule has 0 unspecified atom stereocenters. The molecule has 2 heterocycles. The number of hydrogen-bond donors (Lipinski definition) is 1. The second kappa shape index (κ2) is 6.90. The van der Waals surface area contributed by atoms with Gasteiger partial charge in [0.15, 0.2) is 0 Å². The van der Waals surface area contributed by atoms with Crippen LogP contribution in [0, 0.1) is 5.92 Å². The molecule has 0 saturated heterocycles. The first-order valence-electron chi connectivity index (χ1n) is 10.3. The molecule has 3 aromatic rings. The number of amides is 1. The van der Waals surface area contributed by atoms with Crippen molar-refractivity contribution in [3.8, 4) is 22.6 Å². The minimum Gasteiger partial charge on any atom is -0.497 e. The summed E-state index contributed by atoms with van der Waals surface area (Å²) < 4.78 is 11.0. The normalized spacial score (nSPS) is 20.2. The number of anilines is 1. The topological polar surface area (TPSA) is 77.7 Å². The van der Waals surface area contributed by atoms with Gasteiger partial charge < -0.3 is 20.1 Å². The fraction of sp³-hybridized carbons (Fsp3) is 0.333. The van der Waals surface area contributed by atoms with Crippen molar-refractivity contribution < 1.29 is 14.3 Å². The molecule has 1 fully saturated rings. The number of fused-ring (bicyclic) bond motifs is 2. The van der Waals surface area contributed by atoms with E-state index in [9.17, 15) is 4.79 Å². The highest BCUT2D eigenvalue weighted by Crippen LogP contribution is 2.42. The molecule has 2 N–H and O–H groups in total. The maximum Gasteiger partial charge on any atom is 0.258 e. The number of carbonyl (C=O) groups excluding carboxylic acids is 1. The molecule has 1 amide bonds. The van der Waals surface area contributed by atoms with Crippen LogP contribution in [0.15, 0.2) is 36.4 Å². The zero-order valence-corrected chi connectivity index (χ0v) is 17.4. The van der Waals surface area contributed by atoms with Crippen LogP contribution in [0.4, 0.5) is 5.69 Å². The molecule has 0 spiro atoms. The minimum atomic E-state index is 0.0122. The Balaban J connectivity index is 1.67. The molecule has 2 aromatic carbocycles. The lowest BCUT2D eigenvalue weighted by Gasteiger charge is -2.39. The number of carbonyl (C=O) groups is 1. The maximum absolute atomic E-state index is 13.1. The first-order chi connectivity index (χ1) is 14.5. The average Bonchev–Trinajstić information content (AvgIpc) is 3.06. The third kappa shape index (κ3) is 2.70. The van der Waals surface area contributed by atoms with Crippen LogP contribution in [-0.2, 0) is 6.54 Å². The van der Waals surface area contributed by atoms with Gasteiger partial charge in [-0.1, -0.05) is 25.1 Å². The molecule has 1 saturated carbocycles. The fourth-order valence-corrected chi connectivity index (χ4v) is 4.74. The van der Waals surface area contributed by atoms with E-state index in [0.717, 1.165) is 52.1 Å². The summed E-state index contributed by atoms with van der Waals surface area (Å²) in [5.74, 6) is 2.14. The number of nitrogen functional groups attached to an aromatic ring is 1. The van der Waals surface area contributed by atoms with Crippen molar-refractivity contribution in [1.29, 1.82) is 0 Å². The lowest BCUT2D eigenvalue weighted by molar-refractivity contribution is 0.0509. The number of para-hydroxylation sites is 1. The summed E-state index contributed by atoms with van der Waals surface area (Å²) in [7, 11) is 3.28. The SMILES string of the molecule is COc1ccc(OC)c(-c2cccc3c(N)c4c(nc23)CN(C2CC(C)C2)C4=O)c1. The lowest BCUT2D eigenvalue weighted by atomic mass is 9.81. The summed E-state index contributed by atoms with van der Waals surface area (Å²) in [6.45, 7) is 2.74. The molecule has 5 rings (SSSR count). The van der Waals surface area contributed by atoms with Gasteiger partial charge in [-0.15, -0.1) is 0 Å². The Kier molecular flexibility index (Phi) is 4.31. The van der Waals surface area contributed by atoms with Crippen molar-refractivity contribution in [2.45, 2.75) is 32.4 Å². The van der Waals surface area contributed by atoms with Crippen molar-refractivity contribution >= 4 is 22.5 Å². The van der Waals surface area contributed by atoms with Gasteiger partial charge in [0.25, 0.3) is 5.91 Å². The number of aromatic nitrogens is 1. The van der Waals surface area contributed by atoms with Crippen molar-refractivity contribution in [3.63, 3.8) is 0 Å². The second-order valence-electron chi connectivity index (χ2n) is 8.28. The van der Waals surface area contributed by atoms with Crippen molar-refractivity contribution in [1.82, 2.24) is 9.88 Å². The fourth-order valence-electron chi connectivity index (χ4n) is 4.74. The number of nitrogens with two attached hydrogens (primary N) is 1. The Morgan fingerprint density at radius 3 is 2.60 bits per heavy atom. The van der Waals surface area contributed by atoms with E-state index < -0.39 is 0 Å². The largest absolute Gasteiger partial charge is 0.497 e. The predicted octanol–water partition coefficient (Wildman–Crippen LogP) is 4.26. The predicted molar refractivity (Wildman–Crippen MR) is 117 cm³/mol. The minimum absolute atomic E-state index is 0.0122. The van der Waals surface area contributed by atoms with E-state index in [1.807, 2.05) is 41.3 Å². The molecular weight excluding hydrogens is 378 g/mol. The molecule has 0 atom stereocenters. The summed E-state index contributed by atoms with van der Waals surface area (Å²) in [4.78, 5) is 20.0. The molecule has 1 aliphatic heterocycles. The standard InChI is InChI=1S/C24H25N3O3/c1-13-9-14(10-13)27-12-19-21(24(27)28)22(25)17-6-4-5-16(23(17)26-19)18-11-15(29-2)7-8-20(18)30-3/h4-8,11,13-14H,9-10,12H2,1-3H3,(H2,25,26). The molecule has 6 heteroatoms.